The molecule has 90 valence electrons. The van der Waals surface area contributed by atoms with Crippen LogP contribution in [-0.4, -0.2) is 12.1 Å². The molecule has 2 N–H and O–H groups in total. The Morgan fingerprint density at radius 2 is 2.00 bits per heavy atom. The van der Waals surface area contributed by atoms with Crippen LogP contribution < -0.4 is 15.2 Å². The van der Waals surface area contributed by atoms with Crippen LogP contribution in [0.5, 0.6) is 17.4 Å². The quantitative estimate of drug-likeness (QED) is 0.891. The van der Waals surface area contributed by atoms with Crippen molar-refractivity contribution >= 4 is 5.82 Å². The third-order valence-corrected chi connectivity index (χ3v) is 2.21. The Balaban J connectivity index is 2.31. The number of anilines is 1. The number of nitrogen functional groups attached to an aromatic ring is 1. The molecule has 1 aromatic heterocycles. The van der Waals surface area contributed by atoms with Gasteiger partial charge in [-0.3, -0.25) is 0 Å². The van der Waals surface area contributed by atoms with Crippen molar-refractivity contribution in [1.82, 2.24) is 4.98 Å². The minimum Gasteiger partial charge on any atom is -0.497 e. The van der Waals surface area contributed by atoms with Crippen molar-refractivity contribution < 1.29 is 9.47 Å². The minimum absolute atomic E-state index is 0.368. The van der Waals surface area contributed by atoms with E-state index >= 15 is 0 Å². The van der Waals surface area contributed by atoms with Crippen molar-refractivity contribution in [1.29, 1.82) is 5.26 Å². The molecule has 0 aliphatic rings. The van der Waals surface area contributed by atoms with Gasteiger partial charge in [0.2, 0.25) is 5.88 Å². The van der Waals surface area contributed by atoms with Gasteiger partial charge >= 0.3 is 0 Å². The number of nitrogens with two attached hydrogens (primary N) is 1. The van der Waals surface area contributed by atoms with Crippen LogP contribution in [0.1, 0.15) is 5.56 Å². The third-order valence-electron chi connectivity index (χ3n) is 2.21. The molecule has 0 spiro atoms. The molecule has 5 heteroatoms. The van der Waals surface area contributed by atoms with Gasteiger partial charge in [0.1, 0.15) is 17.3 Å². The number of hydrogen-bond acceptors (Lipinski definition) is 5. The van der Waals surface area contributed by atoms with Gasteiger partial charge in [0.05, 0.1) is 18.7 Å². The van der Waals surface area contributed by atoms with Crippen molar-refractivity contribution in [3.63, 3.8) is 0 Å². The zero-order valence-corrected chi connectivity index (χ0v) is 9.75. The SMILES string of the molecule is COc1cc(C#N)cc(Oc2cccc(N)n2)c1. The summed E-state index contributed by atoms with van der Waals surface area (Å²) in [6.45, 7) is 0. The molecular weight excluding hydrogens is 230 g/mol. The molecule has 0 saturated heterocycles. The van der Waals surface area contributed by atoms with Gasteiger partial charge < -0.3 is 15.2 Å². The van der Waals surface area contributed by atoms with Crippen LogP contribution in [0.15, 0.2) is 36.4 Å². The fraction of sp³-hybridized carbons (Fsp3) is 0.0769. The van der Waals surface area contributed by atoms with Gasteiger partial charge in [0, 0.05) is 12.1 Å². The molecule has 0 aliphatic heterocycles. The van der Waals surface area contributed by atoms with E-state index in [1.54, 1.807) is 36.4 Å². The first-order valence-electron chi connectivity index (χ1n) is 5.21. The molecule has 1 aromatic carbocycles. The summed E-state index contributed by atoms with van der Waals surface area (Å²) in [4.78, 5) is 4.01. The van der Waals surface area contributed by atoms with E-state index in [1.807, 2.05) is 6.07 Å². The van der Waals surface area contributed by atoms with Crippen LogP contribution in [0, 0.1) is 11.3 Å². The second-order valence-corrected chi connectivity index (χ2v) is 3.51. The van der Waals surface area contributed by atoms with E-state index in [0.29, 0.717) is 28.8 Å². The van der Waals surface area contributed by atoms with Crippen LogP contribution in [-0.2, 0) is 0 Å². The molecule has 18 heavy (non-hydrogen) atoms. The van der Waals surface area contributed by atoms with E-state index in [0.717, 1.165) is 0 Å². The number of aromatic nitrogens is 1. The first kappa shape index (κ1) is 11.7. The van der Waals surface area contributed by atoms with Gasteiger partial charge in [-0.25, -0.2) is 0 Å². The van der Waals surface area contributed by atoms with Gasteiger partial charge in [0.25, 0.3) is 0 Å². The Labute approximate surface area is 104 Å². The number of hydrogen-bond donors (Lipinski definition) is 1. The maximum atomic E-state index is 8.90. The Hall–Kier alpha value is -2.74. The molecule has 0 unspecified atom stereocenters. The predicted octanol–water partition coefficient (Wildman–Crippen LogP) is 2.34. The minimum atomic E-state index is 0.368. The summed E-state index contributed by atoms with van der Waals surface area (Å²) < 4.78 is 10.6. The number of benzene rings is 1. The molecule has 0 radical (unpaired) electrons. The summed E-state index contributed by atoms with van der Waals surface area (Å²) in [5.74, 6) is 1.76. The lowest BCUT2D eigenvalue weighted by Crippen LogP contribution is -1.94. The second kappa shape index (κ2) is 5.06. The average molecular weight is 241 g/mol. The fourth-order valence-electron chi connectivity index (χ4n) is 1.42. The van der Waals surface area contributed by atoms with E-state index < -0.39 is 0 Å². The third kappa shape index (κ3) is 2.68. The van der Waals surface area contributed by atoms with Crippen LogP contribution >= 0.6 is 0 Å². The molecular formula is C13H11N3O2. The zero-order chi connectivity index (χ0) is 13.0. The molecule has 1 heterocycles. The highest BCUT2D eigenvalue weighted by molar-refractivity contribution is 5.45. The summed E-state index contributed by atoms with van der Waals surface area (Å²) in [5.41, 5.74) is 6.01. The molecule has 2 rings (SSSR count). The molecule has 5 nitrogen and oxygen atoms in total. The van der Waals surface area contributed by atoms with E-state index in [-0.39, 0.29) is 0 Å². The number of ether oxygens (including phenoxy) is 2. The van der Waals surface area contributed by atoms with E-state index in [2.05, 4.69) is 4.98 Å². The number of rotatable bonds is 3. The van der Waals surface area contributed by atoms with Crippen LogP contribution in [0.2, 0.25) is 0 Å². The van der Waals surface area contributed by atoms with Gasteiger partial charge in [-0.1, -0.05) is 6.07 Å². The van der Waals surface area contributed by atoms with Gasteiger partial charge in [-0.15, -0.1) is 0 Å². The maximum absolute atomic E-state index is 8.90. The predicted molar refractivity (Wildman–Crippen MR) is 66.4 cm³/mol. The van der Waals surface area contributed by atoms with Crippen molar-refractivity contribution in [3.8, 4) is 23.4 Å². The monoisotopic (exact) mass is 241 g/mol. The Morgan fingerprint density at radius 3 is 2.67 bits per heavy atom. The zero-order valence-electron chi connectivity index (χ0n) is 9.75. The molecule has 2 aromatic rings. The average Bonchev–Trinajstić information content (AvgIpc) is 2.38. The number of methoxy groups -OCH3 is 1. The van der Waals surface area contributed by atoms with Gasteiger partial charge in [0.15, 0.2) is 0 Å². The van der Waals surface area contributed by atoms with Gasteiger partial charge in [-0.05, 0) is 18.2 Å². The Kier molecular flexibility index (Phi) is 3.30. The lowest BCUT2D eigenvalue weighted by Gasteiger charge is -2.07. The largest absolute Gasteiger partial charge is 0.497 e. The lowest BCUT2D eigenvalue weighted by molar-refractivity contribution is 0.407. The molecule has 0 amide bonds. The first-order valence-corrected chi connectivity index (χ1v) is 5.21. The summed E-state index contributed by atoms with van der Waals surface area (Å²) in [6, 6.07) is 12.0. The normalized spacial score (nSPS) is 9.56. The number of nitrogens with zero attached hydrogens (tertiary/aromatic N) is 2. The summed E-state index contributed by atoms with van der Waals surface area (Å²) >= 11 is 0. The van der Waals surface area contributed by atoms with Gasteiger partial charge in [-0.2, -0.15) is 10.2 Å². The highest BCUT2D eigenvalue weighted by Crippen LogP contribution is 2.26. The maximum Gasteiger partial charge on any atom is 0.221 e. The highest BCUT2D eigenvalue weighted by atomic mass is 16.5. The van der Waals surface area contributed by atoms with Crippen molar-refractivity contribution in [2.24, 2.45) is 0 Å². The second-order valence-electron chi connectivity index (χ2n) is 3.51. The van der Waals surface area contributed by atoms with Crippen molar-refractivity contribution in [2.75, 3.05) is 12.8 Å². The van der Waals surface area contributed by atoms with Crippen molar-refractivity contribution in [3.05, 3.63) is 42.0 Å². The fourth-order valence-corrected chi connectivity index (χ4v) is 1.42. The Bertz CT molecular complexity index is 605. The summed E-state index contributed by atoms with van der Waals surface area (Å²) in [7, 11) is 1.53. The lowest BCUT2D eigenvalue weighted by atomic mass is 10.2. The first-order chi connectivity index (χ1) is 8.71. The summed E-state index contributed by atoms with van der Waals surface area (Å²) in [6.07, 6.45) is 0. The Morgan fingerprint density at radius 1 is 1.22 bits per heavy atom. The van der Waals surface area contributed by atoms with Crippen LogP contribution in [0.3, 0.4) is 0 Å². The van der Waals surface area contributed by atoms with E-state index in [4.69, 9.17) is 20.5 Å². The van der Waals surface area contributed by atoms with Crippen LogP contribution in [0.25, 0.3) is 0 Å². The molecule has 0 bridgehead atoms. The van der Waals surface area contributed by atoms with Crippen molar-refractivity contribution in [2.45, 2.75) is 0 Å². The molecule has 0 saturated carbocycles. The molecule has 0 atom stereocenters. The molecule has 0 aliphatic carbocycles. The number of pyridine rings is 1. The standard InChI is InChI=1S/C13H11N3O2/c1-17-10-5-9(8-14)6-11(7-10)18-13-4-2-3-12(15)16-13/h2-7H,1H3,(H2,15,16). The summed E-state index contributed by atoms with van der Waals surface area (Å²) in [5, 5.41) is 8.90. The smallest absolute Gasteiger partial charge is 0.221 e. The topological polar surface area (TPSA) is 81.2 Å². The number of nitriles is 1. The van der Waals surface area contributed by atoms with Crippen LogP contribution in [0.4, 0.5) is 5.82 Å². The van der Waals surface area contributed by atoms with E-state index in [9.17, 15) is 0 Å². The van der Waals surface area contributed by atoms with E-state index in [1.165, 1.54) is 7.11 Å². The highest BCUT2D eigenvalue weighted by Gasteiger charge is 2.04. The molecule has 0 fully saturated rings.